The zero-order valence-electron chi connectivity index (χ0n) is 8.51. The van der Waals surface area contributed by atoms with E-state index in [4.69, 9.17) is 17.3 Å². The molecule has 1 aromatic carbocycles. The van der Waals surface area contributed by atoms with Crippen molar-refractivity contribution in [1.82, 2.24) is 0 Å². The van der Waals surface area contributed by atoms with Crippen LogP contribution in [-0.2, 0) is 6.42 Å². The topological polar surface area (TPSA) is 66.5 Å². The highest BCUT2D eigenvalue weighted by atomic mass is 35.5. The molecule has 3 nitrogen and oxygen atoms in total. The standard InChI is InChI=1S/C10H13ClFNO2/c1-10(2,13)4-5-8(12)6(11)3-7(14)9(5)15/h3,14-15H,4,13H2,1-2H3. The van der Waals surface area contributed by atoms with E-state index in [0.717, 1.165) is 6.07 Å². The van der Waals surface area contributed by atoms with Crippen molar-refractivity contribution in [2.24, 2.45) is 5.73 Å². The van der Waals surface area contributed by atoms with E-state index in [1.165, 1.54) is 0 Å². The molecule has 0 aromatic heterocycles. The maximum absolute atomic E-state index is 13.5. The van der Waals surface area contributed by atoms with Gasteiger partial charge in [-0.25, -0.2) is 4.39 Å². The molecule has 0 aliphatic carbocycles. The summed E-state index contributed by atoms with van der Waals surface area (Å²) in [7, 11) is 0. The monoisotopic (exact) mass is 233 g/mol. The second-order valence-electron chi connectivity index (χ2n) is 4.18. The highest BCUT2D eigenvalue weighted by Crippen LogP contribution is 2.36. The van der Waals surface area contributed by atoms with E-state index in [0.29, 0.717) is 0 Å². The van der Waals surface area contributed by atoms with Crippen molar-refractivity contribution in [2.75, 3.05) is 0 Å². The molecule has 0 fully saturated rings. The summed E-state index contributed by atoms with van der Waals surface area (Å²) in [5.41, 5.74) is 4.94. The van der Waals surface area contributed by atoms with Crippen LogP contribution in [0, 0.1) is 5.82 Å². The maximum atomic E-state index is 13.5. The second kappa shape index (κ2) is 3.87. The summed E-state index contributed by atoms with van der Waals surface area (Å²) in [5, 5.41) is 18.5. The van der Waals surface area contributed by atoms with E-state index in [1.54, 1.807) is 13.8 Å². The lowest BCUT2D eigenvalue weighted by Gasteiger charge is -2.20. The number of aromatic hydroxyl groups is 2. The lowest BCUT2D eigenvalue weighted by molar-refractivity contribution is 0.386. The van der Waals surface area contributed by atoms with Gasteiger partial charge in [-0.15, -0.1) is 0 Å². The van der Waals surface area contributed by atoms with E-state index in [1.807, 2.05) is 0 Å². The van der Waals surface area contributed by atoms with E-state index < -0.39 is 22.9 Å². The van der Waals surface area contributed by atoms with Crippen LogP contribution in [0.25, 0.3) is 0 Å². The summed E-state index contributed by atoms with van der Waals surface area (Å²) in [6, 6.07) is 0.958. The predicted molar refractivity (Wildman–Crippen MR) is 56.7 cm³/mol. The van der Waals surface area contributed by atoms with E-state index in [-0.39, 0.29) is 17.0 Å². The Morgan fingerprint density at radius 2 is 2.00 bits per heavy atom. The van der Waals surface area contributed by atoms with Gasteiger partial charge in [-0.05, 0) is 20.3 Å². The quantitative estimate of drug-likeness (QED) is 0.686. The molecule has 0 amide bonds. The van der Waals surface area contributed by atoms with Crippen LogP contribution in [0.15, 0.2) is 6.07 Å². The first-order valence-electron chi connectivity index (χ1n) is 4.40. The SMILES string of the molecule is CC(C)(N)Cc1c(O)c(O)cc(Cl)c1F. The molecule has 0 atom stereocenters. The van der Waals surface area contributed by atoms with Crippen LogP contribution in [0.2, 0.25) is 5.02 Å². The Bertz CT molecular complexity index is 362. The molecule has 0 heterocycles. The molecular weight excluding hydrogens is 221 g/mol. The van der Waals surface area contributed by atoms with Crippen LogP contribution in [0.1, 0.15) is 19.4 Å². The van der Waals surface area contributed by atoms with E-state index in [2.05, 4.69) is 0 Å². The molecule has 5 heteroatoms. The minimum Gasteiger partial charge on any atom is -0.504 e. The third-order valence-corrected chi connectivity index (χ3v) is 2.17. The average Bonchev–Trinajstić information content (AvgIpc) is 2.08. The van der Waals surface area contributed by atoms with Gasteiger partial charge < -0.3 is 15.9 Å². The number of hydrogen-bond acceptors (Lipinski definition) is 3. The van der Waals surface area contributed by atoms with Gasteiger partial charge in [-0.3, -0.25) is 0 Å². The number of benzene rings is 1. The lowest BCUT2D eigenvalue weighted by atomic mass is 9.95. The Hall–Kier alpha value is -1.00. The molecule has 0 saturated carbocycles. The summed E-state index contributed by atoms with van der Waals surface area (Å²) < 4.78 is 13.5. The summed E-state index contributed by atoms with van der Waals surface area (Å²) >= 11 is 5.53. The molecule has 4 N–H and O–H groups in total. The van der Waals surface area contributed by atoms with Gasteiger partial charge in [-0.2, -0.15) is 0 Å². The highest BCUT2D eigenvalue weighted by molar-refractivity contribution is 6.31. The van der Waals surface area contributed by atoms with Gasteiger partial charge in [0.25, 0.3) is 0 Å². The lowest BCUT2D eigenvalue weighted by Crippen LogP contribution is -2.34. The number of hydrogen-bond donors (Lipinski definition) is 3. The van der Waals surface area contributed by atoms with E-state index in [9.17, 15) is 14.6 Å². The number of rotatable bonds is 2. The van der Waals surface area contributed by atoms with Crippen LogP contribution in [-0.4, -0.2) is 15.8 Å². The molecule has 0 bridgehead atoms. The number of nitrogens with two attached hydrogens (primary N) is 1. The largest absolute Gasteiger partial charge is 0.504 e. The zero-order chi connectivity index (χ0) is 11.8. The first-order chi connectivity index (χ1) is 6.72. The molecule has 0 spiro atoms. The van der Waals surface area contributed by atoms with Crippen molar-refractivity contribution >= 4 is 11.6 Å². The van der Waals surface area contributed by atoms with Gasteiger partial charge >= 0.3 is 0 Å². The second-order valence-corrected chi connectivity index (χ2v) is 4.59. The maximum Gasteiger partial charge on any atom is 0.163 e. The Balaban J connectivity index is 3.27. The normalized spacial score (nSPS) is 11.8. The van der Waals surface area contributed by atoms with Crippen LogP contribution in [0.4, 0.5) is 4.39 Å². The summed E-state index contributed by atoms with van der Waals surface area (Å²) in [6.07, 6.45) is 0.0821. The van der Waals surface area contributed by atoms with Crippen molar-refractivity contribution < 1.29 is 14.6 Å². The summed E-state index contributed by atoms with van der Waals surface area (Å²) in [4.78, 5) is 0. The van der Waals surface area contributed by atoms with Gasteiger partial charge in [0.05, 0.1) is 5.02 Å². The van der Waals surface area contributed by atoms with Crippen molar-refractivity contribution in [1.29, 1.82) is 0 Å². The average molecular weight is 234 g/mol. The minimum absolute atomic E-state index is 0.0625. The van der Waals surface area contributed by atoms with Crippen molar-refractivity contribution in [3.8, 4) is 11.5 Å². The molecule has 0 aliphatic heterocycles. The number of halogens is 2. The Labute approximate surface area is 92.3 Å². The van der Waals surface area contributed by atoms with Gasteiger partial charge in [0.2, 0.25) is 0 Å². The molecule has 0 radical (unpaired) electrons. The van der Waals surface area contributed by atoms with Crippen molar-refractivity contribution in [3.05, 3.63) is 22.5 Å². The Kier molecular flexibility index (Phi) is 3.11. The van der Waals surface area contributed by atoms with Crippen LogP contribution in [0.3, 0.4) is 0 Å². The van der Waals surface area contributed by atoms with Crippen molar-refractivity contribution in [2.45, 2.75) is 25.8 Å². The van der Waals surface area contributed by atoms with Crippen LogP contribution >= 0.6 is 11.6 Å². The summed E-state index contributed by atoms with van der Waals surface area (Å²) in [5.74, 6) is -1.69. The number of phenolic OH excluding ortho intramolecular Hbond substituents is 2. The van der Waals surface area contributed by atoms with E-state index >= 15 is 0 Å². The molecule has 0 aliphatic rings. The van der Waals surface area contributed by atoms with Gasteiger partial charge in [0.1, 0.15) is 5.82 Å². The first kappa shape index (κ1) is 12.1. The molecule has 0 unspecified atom stereocenters. The third kappa shape index (κ3) is 2.73. The fourth-order valence-corrected chi connectivity index (χ4v) is 1.49. The van der Waals surface area contributed by atoms with Crippen LogP contribution < -0.4 is 5.73 Å². The zero-order valence-corrected chi connectivity index (χ0v) is 9.27. The molecule has 0 saturated heterocycles. The molecule has 1 aromatic rings. The minimum atomic E-state index is -0.745. The smallest absolute Gasteiger partial charge is 0.163 e. The Morgan fingerprint density at radius 1 is 1.47 bits per heavy atom. The molecule has 84 valence electrons. The predicted octanol–water partition coefficient (Wildman–Crippen LogP) is 2.17. The number of phenols is 2. The fraction of sp³-hybridized carbons (Fsp3) is 0.400. The molecular formula is C10H13ClFNO2. The molecule has 15 heavy (non-hydrogen) atoms. The first-order valence-corrected chi connectivity index (χ1v) is 4.78. The molecule has 1 rings (SSSR count). The van der Waals surface area contributed by atoms with Crippen LogP contribution in [0.5, 0.6) is 11.5 Å². The van der Waals surface area contributed by atoms with Gasteiger partial charge in [0.15, 0.2) is 11.5 Å². The third-order valence-electron chi connectivity index (χ3n) is 1.90. The summed E-state index contributed by atoms with van der Waals surface area (Å²) in [6.45, 7) is 3.37. The van der Waals surface area contributed by atoms with Crippen molar-refractivity contribution in [3.63, 3.8) is 0 Å². The Morgan fingerprint density at radius 3 is 2.47 bits per heavy atom. The van der Waals surface area contributed by atoms with Gasteiger partial charge in [-0.1, -0.05) is 11.6 Å². The van der Waals surface area contributed by atoms with Gasteiger partial charge in [0, 0.05) is 17.2 Å². The fourth-order valence-electron chi connectivity index (χ4n) is 1.27. The highest BCUT2D eigenvalue weighted by Gasteiger charge is 2.22.